The zero-order valence-corrected chi connectivity index (χ0v) is 16.3. The van der Waals surface area contributed by atoms with E-state index in [0.29, 0.717) is 24.5 Å². The van der Waals surface area contributed by atoms with Crippen molar-refractivity contribution in [3.05, 3.63) is 18.2 Å². The number of benzene rings is 1. The molecule has 1 fully saturated rings. The summed E-state index contributed by atoms with van der Waals surface area (Å²) in [5.74, 6) is 1.61. The van der Waals surface area contributed by atoms with Crippen LogP contribution in [-0.2, 0) is 4.79 Å². The van der Waals surface area contributed by atoms with Gasteiger partial charge in [-0.2, -0.15) is 0 Å². The minimum Gasteiger partial charge on any atom is -0.493 e. The molecule has 2 rings (SSSR count). The van der Waals surface area contributed by atoms with Gasteiger partial charge in [0.25, 0.3) is 0 Å². The third kappa shape index (κ3) is 5.88. The Morgan fingerprint density at radius 3 is 2.65 bits per heavy atom. The number of rotatable bonds is 10. The lowest BCUT2D eigenvalue weighted by atomic mass is 10.00. The van der Waals surface area contributed by atoms with Crippen molar-refractivity contribution in [1.82, 2.24) is 4.90 Å². The molecule has 1 aromatic rings. The number of hydrogen-bond donors (Lipinski definition) is 2. The largest absolute Gasteiger partial charge is 0.493 e. The number of nitrogens with zero attached hydrogens (tertiary/aromatic N) is 1. The van der Waals surface area contributed by atoms with Crippen LogP contribution in [-0.4, -0.2) is 50.2 Å². The van der Waals surface area contributed by atoms with E-state index in [-0.39, 0.29) is 17.9 Å². The third-order valence-corrected chi connectivity index (χ3v) is 5.17. The highest BCUT2D eigenvalue weighted by atomic mass is 16.5. The van der Waals surface area contributed by atoms with Crippen LogP contribution in [0, 0.1) is 5.92 Å². The molecule has 1 amide bonds. The zero-order chi connectivity index (χ0) is 18.9. The van der Waals surface area contributed by atoms with Gasteiger partial charge in [-0.3, -0.25) is 4.79 Å². The fourth-order valence-corrected chi connectivity index (χ4v) is 3.46. The van der Waals surface area contributed by atoms with Crippen LogP contribution < -0.4 is 20.5 Å². The van der Waals surface area contributed by atoms with Crippen molar-refractivity contribution in [1.29, 1.82) is 0 Å². The molecule has 26 heavy (non-hydrogen) atoms. The number of nitrogens with two attached hydrogens (primary N) is 1. The Bertz CT molecular complexity index is 575. The molecule has 0 heterocycles. The Morgan fingerprint density at radius 1 is 1.27 bits per heavy atom. The van der Waals surface area contributed by atoms with Gasteiger partial charge in [0.05, 0.1) is 7.11 Å². The summed E-state index contributed by atoms with van der Waals surface area (Å²) < 4.78 is 11.3. The molecule has 3 N–H and O–H groups in total. The fraction of sp³-hybridized carbons (Fsp3) is 0.650. The van der Waals surface area contributed by atoms with Gasteiger partial charge in [0, 0.05) is 30.8 Å². The molecule has 146 valence electrons. The highest BCUT2D eigenvalue weighted by molar-refractivity contribution is 5.91. The number of methoxy groups -OCH3 is 1. The quantitative estimate of drug-likeness (QED) is 0.668. The first-order chi connectivity index (χ1) is 12.6. The molecule has 1 aliphatic rings. The van der Waals surface area contributed by atoms with Crippen molar-refractivity contribution < 1.29 is 14.3 Å². The Balaban J connectivity index is 1.93. The highest BCUT2D eigenvalue weighted by Gasteiger charge is 2.26. The average molecular weight is 364 g/mol. The van der Waals surface area contributed by atoms with E-state index in [1.807, 2.05) is 18.2 Å². The first-order valence-electron chi connectivity index (χ1n) is 9.66. The van der Waals surface area contributed by atoms with Crippen molar-refractivity contribution >= 4 is 11.6 Å². The molecule has 1 aromatic carbocycles. The second kappa shape index (κ2) is 10.4. The molecule has 0 aromatic heterocycles. The van der Waals surface area contributed by atoms with Crippen molar-refractivity contribution in [3.63, 3.8) is 0 Å². The average Bonchev–Trinajstić information content (AvgIpc) is 3.03. The molecule has 1 saturated carbocycles. The lowest BCUT2D eigenvalue weighted by molar-refractivity contribution is -0.117. The van der Waals surface area contributed by atoms with E-state index in [4.69, 9.17) is 15.2 Å². The predicted molar refractivity (Wildman–Crippen MR) is 105 cm³/mol. The number of hydrogen-bond acceptors (Lipinski definition) is 5. The molecule has 0 bridgehead atoms. The maximum absolute atomic E-state index is 12.3. The summed E-state index contributed by atoms with van der Waals surface area (Å²) in [4.78, 5) is 14.6. The van der Waals surface area contributed by atoms with Crippen LogP contribution in [0.15, 0.2) is 18.2 Å². The maximum atomic E-state index is 12.3. The van der Waals surface area contributed by atoms with E-state index in [2.05, 4.69) is 24.1 Å². The maximum Gasteiger partial charge on any atom is 0.224 e. The molecule has 0 unspecified atom stereocenters. The number of likely N-dealkylation sites (N-methyl/N-ethyl adjacent to an activating group) is 1. The van der Waals surface area contributed by atoms with Crippen LogP contribution in [0.4, 0.5) is 5.69 Å². The van der Waals surface area contributed by atoms with Gasteiger partial charge in [-0.1, -0.05) is 20.3 Å². The van der Waals surface area contributed by atoms with Crippen LogP contribution in [0.1, 0.15) is 39.5 Å². The second-order valence-corrected chi connectivity index (χ2v) is 6.85. The Hall–Kier alpha value is -1.79. The summed E-state index contributed by atoms with van der Waals surface area (Å²) in [5.41, 5.74) is 6.79. The first kappa shape index (κ1) is 20.5. The molecule has 0 radical (unpaired) electrons. The molecule has 0 aliphatic heterocycles. The van der Waals surface area contributed by atoms with Crippen molar-refractivity contribution in [2.75, 3.05) is 38.7 Å². The summed E-state index contributed by atoms with van der Waals surface area (Å²) >= 11 is 0. The van der Waals surface area contributed by atoms with Crippen molar-refractivity contribution in [2.24, 2.45) is 11.7 Å². The fourth-order valence-electron chi connectivity index (χ4n) is 3.46. The van der Waals surface area contributed by atoms with Crippen LogP contribution >= 0.6 is 0 Å². The Labute approximate surface area is 157 Å². The van der Waals surface area contributed by atoms with E-state index in [1.165, 1.54) is 0 Å². The second-order valence-electron chi connectivity index (χ2n) is 6.85. The molecule has 0 spiro atoms. The molecule has 2 atom stereocenters. The van der Waals surface area contributed by atoms with E-state index >= 15 is 0 Å². The normalized spacial score (nSPS) is 19.6. The van der Waals surface area contributed by atoms with Gasteiger partial charge in [0.1, 0.15) is 6.61 Å². The minimum absolute atomic E-state index is 0.00612. The Morgan fingerprint density at radius 2 is 2.04 bits per heavy atom. The van der Waals surface area contributed by atoms with Crippen molar-refractivity contribution in [3.8, 4) is 11.5 Å². The summed E-state index contributed by atoms with van der Waals surface area (Å²) in [5, 5.41) is 2.96. The zero-order valence-electron chi connectivity index (χ0n) is 16.3. The molecule has 0 saturated heterocycles. The van der Waals surface area contributed by atoms with Crippen LogP contribution in [0.2, 0.25) is 0 Å². The van der Waals surface area contributed by atoms with Crippen molar-refractivity contribution in [2.45, 2.75) is 45.6 Å². The first-order valence-corrected chi connectivity index (χ1v) is 9.66. The monoisotopic (exact) mass is 363 g/mol. The van der Waals surface area contributed by atoms with Gasteiger partial charge in [0.2, 0.25) is 5.91 Å². The van der Waals surface area contributed by atoms with E-state index in [0.717, 1.165) is 44.6 Å². The number of anilines is 1. The highest BCUT2D eigenvalue weighted by Crippen LogP contribution is 2.31. The topological polar surface area (TPSA) is 76.8 Å². The molecular formula is C20H33N3O3. The summed E-state index contributed by atoms with van der Waals surface area (Å²) in [6.45, 7) is 7.69. The van der Waals surface area contributed by atoms with Gasteiger partial charge >= 0.3 is 0 Å². The standard InChI is InChI=1S/C20H33N3O3/c1-4-23(5-2)11-12-26-19-14-16(9-10-18(19)25-3)22-20(24)13-15-7-6-8-17(15)21/h9-10,14-15,17H,4-8,11-13,21H2,1-3H3,(H,22,24)/t15-,17+/m0/s1. The number of carbonyl (C=O) groups is 1. The number of carbonyl (C=O) groups excluding carboxylic acids is 1. The van der Waals surface area contributed by atoms with Gasteiger partial charge < -0.3 is 25.4 Å². The van der Waals surface area contributed by atoms with Crippen LogP contribution in [0.5, 0.6) is 11.5 Å². The lowest BCUT2D eigenvalue weighted by Crippen LogP contribution is -2.28. The number of ether oxygens (including phenoxy) is 2. The SMILES string of the molecule is CCN(CC)CCOc1cc(NC(=O)C[C@@H]2CCC[C@H]2N)ccc1OC. The van der Waals surface area contributed by atoms with E-state index in [1.54, 1.807) is 7.11 Å². The van der Waals surface area contributed by atoms with Crippen LogP contribution in [0.3, 0.4) is 0 Å². The molecule has 6 nitrogen and oxygen atoms in total. The predicted octanol–water partition coefficient (Wildman–Crippen LogP) is 2.87. The van der Waals surface area contributed by atoms with Gasteiger partial charge in [-0.25, -0.2) is 0 Å². The summed E-state index contributed by atoms with van der Waals surface area (Å²) in [6.07, 6.45) is 3.65. The lowest BCUT2D eigenvalue weighted by Gasteiger charge is -2.19. The minimum atomic E-state index is 0.00612. The summed E-state index contributed by atoms with van der Waals surface area (Å²) in [6, 6.07) is 5.63. The number of amides is 1. The third-order valence-electron chi connectivity index (χ3n) is 5.17. The molecule has 1 aliphatic carbocycles. The van der Waals surface area contributed by atoms with Gasteiger partial charge in [0.15, 0.2) is 11.5 Å². The smallest absolute Gasteiger partial charge is 0.224 e. The summed E-state index contributed by atoms with van der Waals surface area (Å²) in [7, 11) is 1.62. The van der Waals surface area contributed by atoms with E-state index < -0.39 is 0 Å². The molecular weight excluding hydrogens is 330 g/mol. The molecule has 6 heteroatoms. The Kier molecular flexibility index (Phi) is 8.19. The number of nitrogens with one attached hydrogen (secondary N) is 1. The van der Waals surface area contributed by atoms with E-state index in [9.17, 15) is 4.79 Å². The van der Waals surface area contributed by atoms with Gasteiger partial charge in [-0.05, 0) is 44.0 Å². The van der Waals surface area contributed by atoms with Gasteiger partial charge in [-0.15, -0.1) is 0 Å². The van der Waals surface area contributed by atoms with Crippen LogP contribution in [0.25, 0.3) is 0 Å².